The number of allylic oxidation sites excluding steroid dienone is 9. The molecule has 0 fully saturated rings. The van der Waals surface area contributed by atoms with Crippen molar-refractivity contribution in [1.82, 2.24) is 5.32 Å². The third kappa shape index (κ3) is 61.7. The van der Waals surface area contributed by atoms with Crippen LogP contribution in [0.2, 0.25) is 0 Å². The zero-order chi connectivity index (χ0) is 56.3. The van der Waals surface area contributed by atoms with Crippen molar-refractivity contribution in [2.75, 3.05) is 40.9 Å². The van der Waals surface area contributed by atoms with Crippen LogP contribution in [0.5, 0.6) is 0 Å². The fraction of sp³-hybridized carbons (Fsp3) is 0.838. The molecule has 0 spiro atoms. The number of hydrogen-bond acceptors (Lipinski definition) is 5. The molecule has 0 saturated carbocycles. The van der Waals surface area contributed by atoms with Crippen molar-refractivity contribution in [3.8, 4) is 0 Å². The highest BCUT2D eigenvalue weighted by Gasteiger charge is 2.28. The molecular formula is C68H130N2O6P+. The summed E-state index contributed by atoms with van der Waals surface area (Å²) < 4.78 is 23.8. The van der Waals surface area contributed by atoms with Crippen molar-refractivity contribution < 1.29 is 32.9 Å². The number of carbonyl (C=O) groups excluding carboxylic acids is 1. The summed E-state index contributed by atoms with van der Waals surface area (Å²) in [4.78, 5) is 23.4. The molecular weight excluding hydrogens is 972 g/mol. The van der Waals surface area contributed by atoms with Crippen molar-refractivity contribution in [3.63, 3.8) is 0 Å². The van der Waals surface area contributed by atoms with E-state index in [2.05, 4.69) is 67.8 Å². The summed E-state index contributed by atoms with van der Waals surface area (Å²) in [6.45, 7) is 4.81. The van der Waals surface area contributed by atoms with E-state index >= 15 is 0 Å². The summed E-state index contributed by atoms with van der Waals surface area (Å²) >= 11 is 0. The molecule has 0 aliphatic rings. The molecule has 0 aromatic heterocycles. The zero-order valence-electron chi connectivity index (χ0n) is 51.7. The maximum Gasteiger partial charge on any atom is 0.472 e. The minimum Gasteiger partial charge on any atom is -0.387 e. The fourth-order valence-electron chi connectivity index (χ4n) is 9.75. The molecule has 0 aliphatic carbocycles. The van der Waals surface area contributed by atoms with Crippen LogP contribution in [0.15, 0.2) is 60.8 Å². The van der Waals surface area contributed by atoms with Crippen LogP contribution >= 0.6 is 7.82 Å². The van der Waals surface area contributed by atoms with Crippen LogP contribution in [-0.2, 0) is 18.4 Å². The second-order valence-electron chi connectivity index (χ2n) is 23.8. The molecule has 0 aliphatic heterocycles. The van der Waals surface area contributed by atoms with Crippen LogP contribution in [0.3, 0.4) is 0 Å². The van der Waals surface area contributed by atoms with Gasteiger partial charge in [0.1, 0.15) is 13.2 Å². The van der Waals surface area contributed by atoms with E-state index in [1.807, 2.05) is 27.2 Å². The number of nitrogens with zero attached hydrogens (tertiary/aromatic N) is 1. The SMILES string of the molecule is CCCCCCC/C=C\C/C=C\CCCCCCCCCCCCCCCCCCCCCC(=O)NC(COP(=O)(O)OCC[N+](C)(C)C)C(O)/C=C/CC/C=C/CC/C=C/CCCCCCCCCCCCCCCC. The van der Waals surface area contributed by atoms with Crippen molar-refractivity contribution >= 4 is 13.7 Å². The topological polar surface area (TPSA) is 105 Å². The lowest BCUT2D eigenvalue weighted by Crippen LogP contribution is -2.45. The minimum atomic E-state index is -4.36. The van der Waals surface area contributed by atoms with E-state index in [0.29, 0.717) is 17.4 Å². The second kappa shape index (κ2) is 58.8. The molecule has 0 aromatic carbocycles. The second-order valence-corrected chi connectivity index (χ2v) is 25.3. The van der Waals surface area contributed by atoms with Crippen molar-refractivity contribution in [2.24, 2.45) is 0 Å². The van der Waals surface area contributed by atoms with Gasteiger partial charge in [-0.2, -0.15) is 0 Å². The van der Waals surface area contributed by atoms with Crippen molar-refractivity contribution in [1.29, 1.82) is 0 Å². The lowest BCUT2D eigenvalue weighted by molar-refractivity contribution is -0.870. The van der Waals surface area contributed by atoms with E-state index in [-0.39, 0.29) is 19.1 Å². The highest BCUT2D eigenvalue weighted by atomic mass is 31.2. The largest absolute Gasteiger partial charge is 0.472 e. The highest BCUT2D eigenvalue weighted by Crippen LogP contribution is 2.43. The smallest absolute Gasteiger partial charge is 0.387 e. The van der Waals surface area contributed by atoms with Crippen LogP contribution in [0.1, 0.15) is 316 Å². The number of carbonyl (C=O) groups is 1. The number of quaternary nitrogens is 1. The fourth-order valence-corrected chi connectivity index (χ4v) is 10.5. The van der Waals surface area contributed by atoms with E-state index in [0.717, 1.165) is 51.4 Å². The standard InChI is InChI=1S/C68H129N2O6P/c1-6-8-10-12-14-16-18-20-22-24-26-28-30-32-33-34-35-36-37-38-40-42-44-46-48-50-52-54-56-58-60-62-68(72)69-66(65-76-77(73,74)75-64-63-70(3,4)5)67(71)61-59-57-55-53-51-49-47-45-43-41-39-31-29-27-25-23-21-19-17-15-13-11-9-7-2/h18,20,24,26,43,45,51,53,59,61,66-67,71H,6-17,19,21-23,25,27-42,44,46-50,52,54-58,60,62-65H2,1-5H3,(H-,69,72,73,74)/p+1/b20-18-,26-24-,45-43+,53-51+,61-59+. The molecule has 0 aromatic rings. The Morgan fingerprint density at radius 3 is 1.12 bits per heavy atom. The quantitative estimate of drug-likeness (QED) is 0.0243. The van der Waals surface area contributed by atoms with Gasteiger partial charge in [0, 0.05) is 6.42 Å². The molecule has 0 saturated heterocycles. The van der Waals surface area contributed by atoms with Gasteiger partial charge in [-0.15, -0.1) is 0 Å². The molecule has 8 nitrogen and oxygen atoms in total. The van der Waals surface area contributed by atoms with Crippen LogP contribution in [0.25, 0.3) is 0 Å². The van der Waals surface area contributed by atoms with Crippen molar-refractivity contribution in [2.45, 2.75) is 328 Å². The highest BCUT2D eigenvalue weighted by molar-refractivity contribution is 7.47. The Morgan fingerprint density at radius 2 is 0.753 bits per heavy atom. The first-order chi connectivity index (χ1) is 37.5. The summed E-state index contributed by atoms with van der Waals surface area (Å²) in [5.41, 5.74) is 0. The van der Waals surface area contributed by atoms with Gasteiger partial charge in [0.15, 0.2) is 0 Å². The van der Waals surface area contributed by atoms with Gasteiger partial charge < -0.3 is 19.8 Å². The van der Waals surface area contributed by atoms with Gasteiger partial charge >= 0.3 is 7.82 Å². The number of phosphoric acid groups is 1. The third-order valence-electron chi connectivity index (χ3n) is 14.9. The molecule has 3 atom stereocenters. The molecule has 1 amide bonds. The number of rotatable bonds is 61. The molecule has 0 rings (SSSR count). The third-order valence-corrected chi connectivity index (χ3v) is 15.9. The number of nitrogens with one attached hydrogen (secondary N) is 1. The first-order valence-electron chi connectivity index (χ1n) is 33.2. The van der Waals surface area contributed by atoms with Crippen LogP contribution in [0.4, 0.5) is 0 Å². The average Bonchev–Trinajstić information content (AvgIpc) is 3.39. The lowest BCUT2D eigenvalue weighted by atomic mass is 10.0. The van der Waals surface area contributed by atoms with Crippen LogP contribution in [-0.4, -0.2) is 73.4 Å². The molecule has 3 unspecified atom stereocenters. The van der Waals surface area contributed by atoms with E-state index in [9.17, 15) is 19.4 Å². The maximum absolute atomic E-state index is 13.0. The van der Waals surface area contributed by atoms with Crippen molar-refractivity contribution in [3.05, 3.63) is 60.8 Å². The van der Waals surface area contributed by atoms with Gasteiger partial charge in [-0.05, 0) is 77.0 Å². The van der Waals surface area contributed by atoms with Gasteiger partial charge in [-0.3, -0.25) is 13.8 Å². The zero-order valence-corrected chi connectivity index (χ0v) is 52.6. The van der Waals surface area contributed by atoms with Gasteiger partial charge in [0.25, 0.3) is 0 Å². The van der Waals surface area contributed by atoms with Gasteiger partial charge in [-0.25, -0.2) is 4.57 Å². The van der Waals surface area contributed by atoms with E-state index in [1.54, 1.807) is 6.08 Å². The Bertz CT molecular complexity index is 1440. The first-order valence-corrected chi connectivity index (χ1v) is 34.7. The molecule has 0 heterocycles. The molecule has 0 radical (unpaired) electrons. The molecule has 452 valence electrons. The number of amides is 1. The van der Waals surface area contributed by atoms with E-state index in [1.165, 1.54) is 244 Å². The maximum atomic E-state index is 13.0. The monoisotopic (exact) mass is 1100 g/mol. The van der Waals surface area contributed by atoms with E-state index < -0.39 is 20.0 Å². The normalized spacial score (nSPS) is 14.1. The predicted octanol–water partition coefficient (Wildman–Crippen LogP) is 20.8. The minimum absolute atomic E-state index is 0.0534. The number of aliphatic hydroxyl groups excluding tert-OH is 1. The number of phosphoric ester groups is 1. The van der Waals surface area contributed by atoms with Gasteiger partial charge in [0.2, 0.25) is 5.91 Å². The molecule has 3 N–H and O–H groups in total. The summed E-state index contributed by atoms with van der Waals surface area (Å²) in [5, 5.41) is 14.0. The Balaban J connectivity index is 4.14. The Hall–Kier alpha value is -1.80. The molecule has 9 heteroatoms. The Labute approximate surface area is 479 Å². The number of aliphatic hydroxyl groups is 1. The molecule has 77 heavy (non-hydrogen) atoms. The summed E-state index contributed by atoms with van der Waals surface area (Å²) in [6, 6.07) is -0.872. The summed E-state index contributed by atoms with van der Waals surface area (Å²) in [6.07, 6.45) is 80.7. The Morgan fingerprint density at radius 1 is 0.442 bits per heavy atom. The number of likely N-dealkylation sites (N-methyl/N-ethyl adjacent to an activating group) is 1. The number of unbranched alkanes of at least 4 members (excludes halogenated alkanes) is 40. The predicted molar refractivity (Wildman–Crippen MR) is 337 cm³/mol. The summed E-state index contributed by atoms with van der Waals surface area (Å²) in [7, 11) is 1.55. The number of hydrogen-bond donors (Lipinski definition) is 3. The Kier molecular flexibility index (Phi) is 57.5. The molecule has 0 bridgehead atoms. The van der Waals surface area contributed by atoms with Gasteiger partial charge in [0.05, 0.1) is 39.9 Å². The van der Waals surface area contributed by atoms with Crippen LogP contribution in [0, 0.1) is 0 Å². The first kappa shape index (κ1) is 75.2. The lowest BCUT2D eigenvalue weighted by Gasteiger charge is -2.25. The summed E-state index contributed by atoms with van der Waals surface area (Å²) in [5.74, 6) is -0.187. The van der Waals surface area contributed by atoms with Crippen LogP contribution < -0.4 is 5.32 Å². The van der Waals surface area contributed by atoms with E-state index in [4.69, 9.17) is 9.05 Å². The average molecular weight is 1100 g/mol. The van der Waals surface area contributed by atoms with Gasteiger partial charge in [-0.1, -0.05) is 293 Å².